The molecule has 1 N–H and O–H groups in total. The van der Waals surface area contributed by atoms with E-state index in [1.54, 1.807) is 32.5 Å². The quantitative estimate of drug-likeness (QED) is 0.316. The number of H-pyrrole nitrogens is 1. The van der Waals surface area contributed by atoms with Gasteiger partial charge in [0.2, 0.25) is 0 Å². The van der Waals surface area contributed by atoms with Crippen molar-refractivity contribution in [2.75, 3.05) is 65.1 Å². The molecule has 7 heterocycles. The van der Waals surface area contributed by atoms with Crippen molar-refractivity contribution < 1.29 is 32.9 Å². The van der Waals surface area contributed by atoms with Crippen molar-refractivity contribution in [2.45, 2.75) is 43.9 Å². The molecule has 3 atom stereocenters. The lowest BCUT2D eigenvalue weighted by Gasteiger charge is -2.32. The molecule has 15 heteroatoms. The van der Waals surface area contributed by atoms with E-state index in [-0.39, 0.29) is 55.7 Å². The second-order valence-corrected chi connectivity index (χ2v) is 12.7. The van der Waals surface area contributed by atoms with Crippen LogP contribution in [-0.4, -0.2) is 114 Å². The Bertz CT molecular complexity index is 1790. The molecular weight excluding hydrogens is 621 g/mol. The Hall–Kier alpha value is -3.85. The third-order valence-electron chi connectivity index (χ3n) is 8.93. The molecule has 0 radical (unpaired) electrons. The summed E-state index contributed by atoms with van der Waals surface area (Å²) in [5.41, 5.74) is 0.793. The highest BCUT2D eigenvalue weighted by Gasteiger charge is 2.37. The molecule has 13 nitrogen and oxygen atoms in total. The second kappa shape index (κ2) is 12.4. The van der Waals surface area contributed by atoms with Crippen molar-refractivity contribution in [1.29, 1.82) is 0 Å². The van der Waals surface area contributed by atoms with Crippen molar-refractivity contribution in [3.63, 3.8) is 0 Å². The topological polar surface area (TPSA) is 137 Å². The number of nitrogens with one attached hydrogen (secondary N) is 1. The van der Waals surface area contributed by atoms with Crippen molar-refractivity contribution in [2.24, 2.45) is 0 Å². The first-order valence-electron chi connectivity index (χ1n) is 15.3. The zero-order valence-electron chi connectivity index (χ0n) is 25.8. The number of rotatable bonds is 4. The number of benzene rings is 1. The standard InChI is InChI=1S/C31H35ClFN7O6/c1-31-15-40(6-8-43-16-31)28-21-11-34-27(25(33)26(21)36-29(37-28)45-14-17-9-18(42-3)13-39(17)2)24-19(5-4-7-44-30(41)46-31)22(32)10-23-20(24)12-35-38-23/h10-12,17-18H,4-9,13-16H2,1-3H3,(H,35,38)/t17-,18+,31-/m0/s1. The van der Waals surface area contributed by atoms with Crippen LogP contribution >= 0.6 is 11.6 Å². The van der Waals surface area contributed by atoms with Crippen molar-refractivity contribution in [1.82, 2.24) is 30.0 Å². The molecule has 2 fully saturated rings. The van der Waals surface area contributed by atoms with E-state index in [9.17, 15) is 4.79 Å². The lowest BCUT2D eigenvalue weighted by molar-refractivity contribution is -0.0575. The number of aromatic amines is 1. The number of nitrogens with zero attached hydrogens (tertiary/aromatic N) is 6. The SMILES string of the molecule is CO[C@@H]1C[C@@H](COc2nc3c4cnc(c(F)c4n2)-c2c(c(Cl)cc4[nH]ncc24)CCCOC(=O)O[C@]2(C)COCCN3C2)N(C)C1. The predicted octanol–water partition coefficient (Wildman–Crippen LogP) is 4.15. The zero-order chi connectivity index (χ0) is 32.0. The van der Waals surface area contributed by atoms with Gasteiger partial charge in [-0.1, -0.05) is 11.6 Å². The number of methoxy groups -OCH3 is 1. The lowest BCUT2D eigenvalue weighted by Crippen LogP contribution is -2.46. The average molecular weight is 656 g/mol. The Morgan fingerprint density at radius 3 is 2.93 bits per heavy atom. The number of pyridine rings is 1. The number of carbonyl (C=O) groups excluding carboxylic acids is 1. The third-order valence-corrected chi connectivity index (χ3v) is 9.26. The van der Waals surface area contributed by atoms with E-state index in [1.165, 1.54) is 0 Å². The summed E-state index contributed by atoms with van der Waals surface area (Å²) in [5, 5.41) is 8.52. The minimum atomic E-state index is -1.08. The number of likely N-dealkylation sites (tertiary alicyclic amines) is 1. The van der Waals surface area contributed by atoms with Gasteiger partial charge in [-0.3, -0.25) is 15.0 Å². The minimum absolute atomic E-state index is 0.0147. The summed E-state index contributed by atoms with van der Waals surface area (Å²) < 4.78 is 45.8. The summed E-state index contributed by atoms with van der Waals surface area (Å²) in [7, 11) is 3.71. The molecule has 0 unspecified atom stereocenters. The summed E-state index contributed by atoms with van der Waals surface area (Å²) >= 11 is 6.76. The van der Waals surface area contributed by atoms with Crippen LogP contribution in [0.25, 0.3) is 33.1 Å². The first kappa shape index (κ1) is 30.8. The molecule has 8 rings (SSSR count). The van der Waals surface area contributed by atoms with E-state index in [0.29, 0.717) is 64.2 Å². The Morgan fingerprint density at radius 1 is 1.24 bits per heavy atom. The van der Waals surface area contributed by atoms with E-state index in [1.807, 2.05) is 11.9 Å². The van der Waals surface area contributed by atoms with Crippen LogP contribution < -0.4 is 9.64 Å². The fourth-order valence-electron chi connectivity index (χ4n) is 6.55. The minimum Gasteiger partial charge on any atom is -0.462 e. The van der Waals surface area contributed by atoms with E-state index in [4.69, 9.17) is 40.3 Å². The highest BCUT2D eigenvalue weighted by Crippen LogP contribution is 2.40. The van der Waals surface area contributed by atoms with E-state index in [2.05, 4.69) is 25.1 Å². The monoisotopic (exact) mass is 655 g/mol. The molecule has 0 saturated carbocycles. The van der Waals surface area contributed by atoms with Gasteiger partial charge in [-0.25, -0.2) is 9.18 Å². The first-order valence-corrected chi connectivity index (χ1v) is 15.7. The molecule has 0 spiro atoms. The van der Waals surface area contributed by atoms with Gasteiger partial charge in [0.05, 0.1) is 49.6 Å². The van der Waals surface area contributed by atoms with Crippen molar-refractivity contribution >= 4 is 45.4 Å². The molecule has 0 aliphatic carbocycles. The number of hydrogen-bond acceptors (Lipinski definition) is 12. The Morgan fingerprint density at radius 2 is 2.11 bits per heavy atom. The lowest BCUT2D eigenvalue weighted by atomic mass is 9.95. The van der Waals surface area contributed by atoms with E-state index >= 15 is 4.39 Å². The summed E-state index contributed by atoms with van der Waals surface area (Å²) in [4.78, 5) is 30.9. The fraction of sp³-hybridized carbons (Fsp3) is 0.516. The smallest absolute Gasteiger partial charge is 0.462 e. The van der Waals surface area contributed by atoms with Crippen molar-refractivity contribution in [3.05, 3.63) is 34.9 Å². The summed E-state index contributed by atoms with van der Waals surface area (Å²) in [6, 6.07) is 1.82. The summed E-state index contributed by atoms with van der Waals surface area (Å²) in [5.74, 6) is -0.258. The largest absolute Gasteiger partial charge is 0.508 e. The van der Waals surface area contributed by atoms with Crippen LogP contribution in [0.4, 0.5) is 15.0 Å². The molecule has 6 bridgehead atoms. The Labute approximate surface area is 269 Å². The maximum Gasteiger partial charge on any atom is 0.508 e. The normalized spacial score (nSPS) is 24.3. The van der Waals surface area contributed by atoms with Crippen LogP contribution in [-0.2, 0) is 25.4 Å². The highest BCUT2D eigenvalue weighted by molar-refractivity contribution is 6.33. The number of aromatic nitrogens is 5. The van der Waals surface area contributed by atoms with Gasteiger partial charge in [-0.05, 0) is 44.9 Å². The summed E-state index contributed by atoms with van der Waals surface area (Å²) in [6.07, 6.45) is 4.04. The molecule has 1 aromatic carbocycles. The number of ether oxygens (including phenoxy) is 5. The Balaban J connectivity index is 1.40. The van der Waals surface area contributed by atoms with Crippen LogP contribution in [0.2, 0.25) is 5.02 Å². The second-order valence-electron chi connectivity index (χ2n) is 12.3. The molecule has 244 valence electrons. The molecule has 4 aliphatic rings. The number of halogens is 2. The van der Waals surface area contributed by atoms with Crippen molar-refractivity contribution in [3.8, 4) is 17.3 Å². The predicted molar refractivity (Wildman–Crippen MR) is 167 cm³/mol. The van der Waals surface area contributed by atoms with Gasteiger partial charge in [0.15, 0.2) is 11.4 Å². The van der Waals surface area contributed by atoms with Gasteiger partial charge in [-0.15, -0.1) is 0 Å². The van der Waals surface area contributed by atoms with Gasteiger partial charge in [0.25, 0.3) is 0 Å². The van der Waals surface area contributed by atoms with Gasteiger partial charge in [-0.2, -0.15) is 15.1 Å². The molecule has 0 amide bonds. The Kier molecular flexibility index (Phi) is 8.30. The van der Waals surface area contributed by atoms with E-state index < -0.39 is 17.6 Å². The number of fused-ring (bicyclic) bond motifs is 7. The first-order chi connectivity index (χ1) is 22.2. The van der Waals surface area contributed by atoms with Gasteiger partial charge in [0, 0.05) is 48.4 Å². The fourth-order valence-corrected chi connectivity index (χ4v) is 6.85. The number of hydrogen-bond donors (Lipinski definition) is 1. The van der Waals surface area contributed by atoms with Crippen LogP contribution in [0.15, 0.2) is 18.5 Å². The highest BCUT2D eigenvalue weighted by atomic mass is 35.5. The zero-order valence-corrected chi connectivity index (χ0v) is 26.6. The third kappa shape index (κ3) is 5.78. The molecule has 2 saturated heterocycles. The number of anilines is 1. The van der Waals surface area contributed by atoms with Crippen LogP contribution in [0.3, 0.4) is 0 Å². The number of likely N-dealkylation sites (N-methyl/N-ethyl adjacent to an activating group) is 1. The summed E-state index contributed by atoms with van der Waals surface area (Å²) in [6.45, 7) is 3.94. The van der Waals surface area contributed by atoms with Crippen LogP contribution in [0.5, 0.6) is 6.01 Å². The van der Waals surface area contributed by atoms with Crippen LogP contribution in [0.1, 0.15) is 25.3 Å². The molecule has 4 aromatic rings. The maximum absolute atomic E-state index is 17.0. The van der Waals surface area contributed by atoms with Gasteiger partial charge >= 0.3 is 12.2 Å². The van der Waals surface area contributed by atoms with Gasteiger partial charge in [0.1, 0.15) is 23.6 Å². The molecular formula is C31H35ClFN7O6. The van der Waals surface area contributed by atoms with E-state index in [0.717, 1.165) is 13.0 Å². The van der Waals surface area contributed by atoms with Crippen LogP contribution in [0, 0.1) is 5.82 Å². The molecule has 3 aromatic heterocycles. The molecule has 46 heavy (non-hydrogen) atoms. The maximum atomic E-state index is 17.0. The average Bonchev–Trinajstić information content (AvgIpc) is 3.59. The molecule has 4 aliphatic heterocycles. The number of carbonyl (C=O) groups is 1. The van der Waals surface area contributed by atoms with Gasteiger partial charge < -0.3 is 28.6 Å².